The first-order valence-electron chi connectivity index (χ1n) is 7.78. The zero-order chi connectivity index (χ0) is 22.3. The molecule has 2 aromatic rings. The smallest absolute Gasteiger partial charge is 0.390 e. The number of nitrogens with one attached hydrogen (secondary N) is 1. The molecular weight excluding hydrogens is 477 g/mol. The van der Waals surface area contributed by atoms with Gasteiger partial charge < -0.3 is 34.4 Å². The minimum absolute atomic E-state index is 0.0207. The normalized spacial score (nSPS) is 26.5. The van der Waals surface area contributed by atoms with Gasteiger partial charge in [-0.1, -0.05) is 0 Å². The molecule has 168 valence electrons. The molecule has 1 aliphatic heterocycles. The summed E-state index contributed by atoms with van der Waals surface area (Å²) in [6.07, 6.45) is -1.00. The summed E-state index contributed by atoms with van der Waals surface area (Å²) in [4.78, 5) is 57.4. The summed E-state index contributed by atoms with van der Waals surface area (Å²) in [6.45, 7) is -0.817. The van der Waals surface area contributed by atoms with Crippen molar-refractivity contribution in [3.63, 3.8) is 0 Å². The molecule has 0 bridgehead atoms. The number of phosphoric ester groups is 1. The number of fused-ring (bicyclic) bond motifs is 1. The highest BCUT2D eigenvalue weighted by atomic mass is 31.3. The highest BCUT2D eigenvalue weighted by molar-refractivity contribution is 7.66. The zero-order valence-corrected chi connectivity index (χ0v) is 17.2. The lowest BCUT2D eigenvalue weighted by Gasteiger charge is -2.19. The van der Waals surface area contributed by atoms with Crippen LogP contribution in [0.15, 0.2) is 17.4 Å². The van der Waals surface area contributed by atoms with Crippen molar-refractivity contribution in [3.8, 4) is 0 Å². The number of aromatic amines is 1. The largest absolute Gasteiger partial charge is 0.490 e. The molecule has 5 atom stereocenters. The Labute approximate surface area is 165 Å². The minimum atomic E-state index is -5.65. The summed E-state index contributed by atoms with van der Waals surface area (Å²) in [5.74, 6) is 0. The number of hydrogen-bond donors (Lipinski definition) is 6. The molecule has 0 amide bonds. The average molecular weight is 492 g/mol. The van der Waals surface area contributed by atoms with Crippen LogP contribution < -0.4 is 5.56 Å². The first-order chi connectivity index (χ1) is 13.8. The van der Waals surface area contributed by atoms with E-state index in [0.717, 1.165) is 6.33 Å². The van der Waals surface area contributed by atoms with Crippen molar-refractivity contribution < 1.29 is 56.3 Å². The third-order valence-corrected chi connectivity index (χ3v) is 7.50. The van der Waals surface area contributed by atoms with Crippen LogP contribution in [0.1, 0.15) is 12.6 Å². The average Bonchev–Trinajstić information content (AvgIpc) is 3.14. The molecular formula is C10H15N4O13P3. The summed E-state index contributed by atoms with van der Waals surface area (Å²) in [7, 11) is -16.5. The maximum Gasteiger partial charge on any atom is 0.490 e. The summed E-state index contributed by atoms with van der Waals surface area (Å²) in [5.41, 5.74) is -0.321. The van der Waals surface area contributed by atoms with Crippen molar-refractivity contribution in [2.75, 3.05) is 6.61 Å². The second kappa shape index (κ2) is 8.31. The number of phosphoric acid groups is 3. The Morgan fingerprint density at radius 3 is 2.53 bits per heavy atom. The summed E-state index contributed by atoms with van der Waals surface area (Å²) in [6, 6.07) is 0. The first kappa shape index (κ1) is 23.3. The van der Waals surface area contributed by atoms with Gasteiger partial charge >= 0.3 is 23.5 Å². The summed E-state index contributed by atoms with van der Waals surface area (Å²) < 4.78 is 52.1. The Morgan fingerprint density at radius 1 is 1.17 bits per heavy atom. The van der Waals surface area contributed by atoms with Gasteiger partial charge in [0, 0.05) is 6.42 Å². The maximum absolute atomic E-state index is 11.7. The number of hydrogen-bond acceptors (Lipinski definition) is 11. The van der Waals surface area contributed by atoms with E-state index >= 15 is 0 Å². The third-order valence-electron chi connectivity index (χ3n) is 3.70. The second-order valence-electron chi connectivity index (χ2n) is 5.87. The lowest BCUT2D eigenvalue weighted by Crippen LogP contribution is -2.26. The summed E-state index contributed by atoms with van der Waals surface area (Å²) >= 11 is 0. The number of aliphatic hydroxyl groups is 1. The molecule has 20 heteroatoms. The number of nitrogens with zero attached hydrogens (tertiary/aromatic N) is 3. The van der Waals surface area contributed by atoms with E-state index in [1.165, 1.54) is 10.9 Å². The van der Waals surface area contributed by atoms with Crippen LogP contribution in [0, 0.1) is 0 Å². The molecule has 0 spiro atoms. The fourth-order valence-corrected chi connectivity index (χ4v) is 5.61. The maximum atomic E-state index is 11.7. The zero-order valence-electron chi connectivity index (χ0n) is 14.5. The van der Waals surface area contributed by atoms with E-state index in [-0.39, 0.29) is 17.6 Å². The highest BCUT2D eigenvalue weighted by Crippen LogP contribution is 2.66. The molecule has 30 heavy (non-hydrogen) atoms. The van der Waals surface area contributed by atoms with E-state index in [0.29, 0.717) is 0 Å². The predicted octanol–water partition coefficient (Wildman–Crippen LogP) is -0.889. The molecule has 0 aromatic carbocycles. The molecule has 17 nitrogen and oxygen atoms in total. The quantitative estimate of drug-likeness (QED) is 0.244. The minimum Gasteiger partial charge on any atom is -0.390 e. The van der Waals surface area contributed by atoms with E-state index in [4.69, 9.17) is 19.4 Å². The number of aliphatic hydroxyl groups excluding tert-OH is 1. The van der Waals surface area contributed by atoms with Crippen molar-refractivity contribution in [1.82, 2.24) is 19.5 Å². The van der Waals surface area contributed by atoms with Crippen molar-refractivity contribution >= 4 is 34.6 Å². The Bertz CT molecular complexity index is 1130. The van der Waals surface area contributed by atoms with Gasteiger partial charge in [-0.25, -0.2) is 23.7 Å². The van der Waals surface area contributed by atoms with Crippen LogP contribution in [0.4, 0.5) is 0 Å². The van der Waals surface area contributed by atoms with Crippen molar-refractivity contribution in [3.05, 3.63) is 23.0 Å². The standard InChI is InChI=1S/C10H15N4O13P3/c15-5-1-7(14-4-13-8-9(14)11-3-12-10(8)16)25-6(5)2-24-29(20,21)27-30(22,23)26-28(17,18)19/h3-7,15H,1-2H2,(H,20,21)(H,22,23)(H,11,12,16)(H2,17,18,19)/t5-,6+,7-/m1/s1. The molecule has 3 rings (SSSR count). The van der Waals surface area contributed by atoms with E-state index in [1.807, 2.05) is 0 Å². The fourth-order valence-electron chi connectivity index (χ4n) is 2.58. The van der Waals surface area contributed by atoms with E-state index in [2.05, 4.69) is 28.1 Å². The van der Waals surface area contributed by atoms with Gasteiger partial charge in [-0.3, -0.25) is 13.9 Å². The number of imidazole rings is 1. The molecule has 1 fully saturated rings. The Balaban J connectivity index is 1.64. The molecule has 3 heterocycles. The van der Waals surface area contributed by atoms with Crippen molar-refractivity contribution in [1.29, 1.82) is 0 Å². The summed E-state index contributed by atoms with van der Waals surface area (Å²) in [5, 5.41) is 10.1. The molecule has 0 aliphatic carbocycles. The number of H-pyrrole nitrogens is 1. The molecule has 0 saturated carbocycles. The molecule has 1 saturated heterocycles. The van der Waals surface area contributed by atoms with Gasteiger partial charge in [0.05, 0.1) is 25.4 Å². The van der Waals surface area contributed by atoms with Gasteiger partial charge in [0.1, 0.15) is 12.3 Å². The van der Waals surface area contributed by atoms with Crippen LogP contribution in [0.2, 0.25) is 0 Å². The fraction of sp³-hybridized carbons (Fsp3) is 0.500. The van der Waals surface area contributed by atoms with E-state index < -0.39 is 54.1 Å². The van der Waals surface area contributed by atoms with E-state index in [1.54, 1.807) is 0 Å². The van der Waals surface area contributed by atoms with Crippen LogP contribution in [-0.4, -0.2) is 63.0 Å². The number of ether oxygens (including phenoxy) is 1. The molecule has 2 unspecified atom stereocenters. The van der Waals surface area contributed by atoms with Crippen LogP contribution in [-0.2, 0) is 31.6 Å². The van der Waals surface area contributed by atoms with Gasteiger partial charge in [-0.2, -0.15) is 8.62 Å². The highest BCUT2D eigenvalue weighted by Gasteiger charge is 2.43. The number of aromatic nitrogens is 4. The molecule has 6 N–H and O–H groups in total. The van der Waals surface area contributed by atoms with Crippen LogP contribution >= 0.6 is 23.5 Å². The van der Waals surface area contributed by atoms with Gasteiger partial charge in [0.2, 0.25) is 0 Å². The van der Waals surface area contributed by atoms with Crippen LogP contribution in [0.5, 0.6) is 0 Å². The molecule has 2 aromatic heterocycles. The Morgan fingerprint density at radius 2 is 1.87 bits per heavy atom. The lowest BCUT2D eigenvalue weighted by molar-refractivity contribution is -0.0423. The van der Waals surface area contributed by atoms with Gasteiger partial charge in [-0.15, -0.1) is 0 Å². The topological polar surface area (TPSA) is 253 Å². The second-order valence-corrected chi connectivity index (χ2v) is 10.3. The lowest BCUT2D eigenvalue weighted by atomic mass is 10.2. The number of rotatable bonds is 8. The third kappa shape index (κ3) is 5.68. The molecule has 0 radical (unpaired) electrons. The van der Waals surface area contributed by atoms with Gasteiger partial charge in [-0.05, 0) is 0 Å². The van der Waals surface area contributed by atoms with Crippen LogP contribution in [0.25, 0.3) is 11.2 Å². The first-order valence-corrected chi connectivity index (χ1v) is 12.3. The molecule has 1 aliphatic rings. The SMILES string of the molecule is O=c1[nH]cnc2c1ncn2[C@H]1C[C@@H](O)[C@H](COP(=O)(O)OP(=O)(O)OP(=O)(O)O)O1. The van der Waals surface area contributed by atoms with Crippen molar-refractivity contribution in [2.24, 2.45) is 0 Å². The predicted molar refractivity (Wildman–Crippen MR) is 92.5 cm³/mol. The van der Waals surface area contributed by atoms with Crippen LogP contribution in [0.3, 0.4) is 0 Å². The Kier molecular flexibility index (Phi) is 6.47. The van der Waals surface area contributed by atoms with Gasteiger partial charge in [0.15, 0.2) is 11.2 Å². The Hall–Kier alpha value is -1.32. The monoisotopic (exact) mass is 492 g/mol. The van der Waals surface area contributed by atoms with Gasteiger partial charge in [0.25, 0.3) is 5.56 Å². The van der Waals surface area contributed by atoms with Crippen molar-refractivity contribution in [2.45, 2.75) is 24.9 Å². The van der Waals surface area contributed by atoms with E-state index in [9.17, 15) is 28.5 Å².